The van der Waals surface area contributed by atoms with E-state index in [0.29, 0.717) is 10.6 Å². The summed E-state index contributed by atoms with van der Waals surface area (Å²) in [6, 6.07) is 5.70. The molecule has 6 nitrogen and oxygen atoms in total. The minimum absolute atomic E-state index is 0.179. The molecule has 0 unspecified atom stereocenters. The molecule has 8 heteroatoms. The Morgan fingerprint density at radius 2 is 1.97 bits per heavy atom. The van der Waals surface area contributed by atoms with Gasteiger partial charge in [0.1, 0.15) is 16.6 Å². The fourth-order valence-electron chi connectivity index (χ4n) is 2.99. The summed E-state index contributed by atoms with van der Waals surface area (Å²) in [4.78, 5) is 30.9. The van der Waals surface area contributed by atoms with Crippen molar-refractivity contribution in [1.29, 1.82) is 0 Å². The summed E-state index contributed by atoms with van der Waals surface area (Å²) in [7, 11) is 2.02. The average molecular weight is 418 g/mol. The molecule has 0 spiro atoms. The second-order valence-electron chi connectivity index (χ2n) is 6.81. The van der Waals surface area contributed by atoms with Gasteiger partial charge in [-0.3, -0.25) is 4.79 Å². The molecule has 0 saturated carbocycles. The van der Waals surface area contributed by atoms with Crippen LogP contribution in [0.4, 0.5) is 4.39 Å². The van der Waals surface area contributed by atoms with Crippen molar-refractivity contribution in [2.75, 3.05) is 26.7 Å². The Morgan fingerprint density at radius 3 is 2.62 bits per heavy atom. The predicted molar refractivity (Wildman–Crippen MR) is 109 cm³/mol. The Hall–Kier alpha value is -2.58. The monoisotopic (exact) mass is 418 g/mol. The lowest BCUT2D eigenvalue weighted by Crippen LogP contribution is -2.34. The maximum absolute atomic E-state index is 13.3. The van der Waals surface area contributed by atoms with Crippen molar-refractivity contribution >= 4 is 35.1 Å². The van der Waals surface area contributed by atoms with E-state index >= 15 is 0 Å². The number of rotatable bonds is 6. The van der Waals surface area contributed by atoms with Crippen LogP contribution in [0, 0.1) is 11.7 Å². The third kappa shape index (κ3) is 5.71. The molecule has 29 heavy (non-hydrogen) atoms. The highest BCUT2D eigenvalue weighted by atomic mass is 32.1. The number of thiazole rings is 1. The van der Waals surface area contributed by atoms with E-state index in [1.54, 1.807) is 30.5 Å². The van der Waals surface area contributed by atoms with Crippen molar-refractivity contribution in [2.45, 2.75) is 19.8 Å². The lowest BCUT2D eigenvalue weighted by Gasteiger charge is -2.27. The van der Waals surface area contributed by atoms with Gasteiger partial charge in [0.2, 0.25) is 0 Å². The van der Waals surface area contributed by atoms with Gasteiger partial charge in [0, 0.05) is 17.0 Å². The van der Waals surface area contributed by atoms with E-state index in [0.717, 1.165) is 25.9 Å². The summed E-state index contributed by atoms with van der Waals surface area (Å²) >= 11 is 1.23. The lowest BCUT2D eigenvalue weighted by molar-refractivity contribution is -0.142. The first-order chi connectivity index (χ1) is 14.0. The number of nitrogens with zero attached hydrogens (tertiary/aromatic N) is 2. The van der Waals surface area contributed by atoms with Crippen molar-refractivity contribution < 1.29 is 23.5 Å². The summed E-state index contributed by atoms with van der Waals surface area (Å²) in [5, 5.41) is 2.08. The number of hydrogen-bond acceptors (Lipinski definition) is 7. The lowest BCUT2D eigenvalue weighted by atomic mass is 9.97. The molecule has 1 aromatic heterocycles. The van der Waals surface area contributed by atoms with Crippen LogP contribution in [0.3, 0.4) is 0 Å². The van der Waals surface area contributed by atoms with Crippen LogP contribution in [0.25, 0.3) is 11.8 Å². The first-order valence-corrected chi connectivity index (χ1v) is 10.3. The molecule has 1 saturated heterocycles. The summed E-state index contributed by atoms with van der Waals surface area (Å²) in [5.41, 5.74) is 0.753. The minimum atomic E-state index is -0.505. The Morgan fingerprint density at radius 1 is 1.28 bits per heavy atom. The van der Waals surface area contributed by atoms with Gasteiger partial charge in [-0.2, -0.15) is 0 Å². The highest BCUT2D eigenvalue weighted by molar-refractivity contribution is 7.10. The smallest absolute Gasteiger partial charge is 0.357 e. The normalized spacial score (nSPS) is 15.9. The maximum Gasteiger partial charge on any atom is 0.357 e. The molecule has 1 aromatic carbocycles. The second-order valence-corrected chi connectivity index (χ2v) is 7.70. The molecule has 3 rings (SSSR count). The van der Waals surface area contributed by atoms with Crippen LogP contribution in [0.5, 0.6) is 0 Å². The Labute approximate surface area is 173 Å². The van der Waals surface area contributed by atoms with Crippen LogP contribution < -0.4 is 0 Å². The number of hydrogen-bond donors (Lipinski definition) is 0. The average Bonchev–Trinajstić information content (AvgIpc) is 3.17. The van der Waals surface area contributed by atoms with E-state index in [4.69, 9.17) is 9.47 Å². The molecule has 0 amide bonds. The summed E-state index contributed by atoms with van der Waals surface area (Å²) in [6.07, 6.45) is 3.06. The van der Waals surface area contributed by atoms with Crippen molar-refractivity contribution in [1.82, 2.24) is 9.88 Å². The topological polar surface area (TPSA) is 68.7 Å². The molecule has 0 atom stereocenters. The Bertz CT molecular complexity index is 886. The van der Waals surface area contributed by atoms with Crippen molar-refractivity contribution in [3.8, 4) is 0 Å². The molecule has 1 fully saturated rings. The number of piperidine rings is 1. The fraction of sp³-hybridized carbons (Fsp3) is 0.381. The Balaban J connectivity index is 1.83. The molecule has 0 bridgehead atoms. The minimum Gasteiger partial charge on any atom is -0.461 e. The van der Waals surface area contributed by atoms with E-state index in [1.165, 1.54) is 23.5 Å². The molecule has 0 radical (unpaired) electrons. The van der Waals surface area contributed by atoms with E-state index < -0.39 is 5.97 Å². The van der Waals surface area contributed by atoms with Crippen molar-refractivity contribution in [3.05, 3.63) is 51.7 Å². The fourth-order valence-corrected chi connectivity index (χ4v) is 3.69. The number of aromatic nitrogens is 1. The van der Waals surface area contributed by atoms with Crippen LogP contribution in [0.1, 0.15) is 40.8 Å². The van der Waals surface area contributed by atoms with Crippen LogP contribution in [-0.4, -0.2) is 48.6 Å². The quantitative estimate of drug-likeness (QED) is 0.524. The number of benzene rings is 1. The molecule has 154 valence electrons. The zero-order chi connectivity index (χ0) is 20.8. The van der Waals surface area contributed by atoms with Gasteiger partial charge in [-0.1, -0.05) is 0 Å². The van der Waals surface area contributed by atoms with E-state index in [1.807, 2.05) is 7.05 Å². The number of carbonyl (C=O) groups excluding carboxylic acids is 2. The number of likely N-dealkylation sites (tertiary alicyclic amines) is 1. The standard InChI is InChI=1S/C21H23FN2O4S/c1-3-27-21(26)17-13-29-19(23-17)12-18(14-4-6-16(22)7-5-14)28-20(25)15-8-10-24(2)11-9-15/h4-7,12-13,15H,3,8-11H2,1-2H3/b18-12+. The summed E-state index contributed by atoms with van der Waals surface area (Å²) < 4.78 is 24.0. The van der Waals surface area contributed by atoms with Gasteiger partial charge in [-0.15, -0.1) is 11.3 Å². The maximum atomic E-state index is 13.3. The SMILES string of the molecule is CCOC(=O)c1csc(/C=C(/OC(=O)C2CCN(C)CC2)c2ccc(F)cc2)n1. The first kappa shape index (κ1) is 21.1. The third-order valence-electron chi connectivity index (χ3n) is 4.65. The number of carbonyl (C=O) groups is 2. The molecule has 1 aliphatic rings. The molecular formula is C21H23FN2O4S. The summed E-state index contributed by atoms with van der Waals surface area (Å²) in [5.74, 6) is -1.10. The molecule has 2 heterocycles. The van der Waals surface area contributed by atoms with Crippen LogP contribution in [0.15, 0.2) is 29.6 Å². The van der Waals surface area contributed by atoms with Crippen molar-refractivity contribution in [2.24, 2.45) is 5.92 Å². The largest absolute Gasteiger partial charge is 0.461 e. The molecular weight excluding hydrogens is 395 g/mol. The van der Waals surface area contributed by atoms with E-state index in [-0.39, 0.29) is 35.8 Å². The Kier molecular flexibility index (Phi) is 7.11. The molecule has 1 aliphatic heterocycles. The summed E-state index contributed by atoms with van der Waals surface area (Å²) in [6.45, 7) is 3.66. The molecule has 2 aromatic rings. The van der Waals surface area contributed by atoms with E-state index in [9.17, 15) is 14.0 Å². The number of esters is 2. The first-order valence-electron chi connectivity index (χ1n) is 9.46. The zero-order valence-electron chi connectivity index (χ0n) is 16.4. The molecule has 0 N–H and O–H groups in total. The number of ether oxygens (including phenoxy) is 2. The second kappa shape index (κ2) is 9.76. The predicted octanol–water partition coefficient (Wildman–Crippen LogP) is 3.84. The van der Waals surface area contributed by atoms with Gasteiger partial charge >= 0.3 is 11.9 Å². The third-order valence-corrected chi connectivity index (χ3v) is 5.44. The van der Waals surface area contributed by atoms with Gasteiger partial charge in [0.25, 0.3) is 0 Å². The van der Waals surface area contributed by atoms with Crippen LogP contribution in [-0.2, 0) is 14.3 Å². The highest BCUT2D eigenvalue weighted by Crippen LogP contribution is 2.26. The highest BCUT2D eigenvalue weighted by Gasteiger charge is 2.26. The van der Waals surface area contributed by atoms with Crippen LogP contribution in [0.2, 0.25) is 0 Å². The van der Waals surface area contributed by atoms with Crippen LogP contribution >= 0.6 is 11.3 Å². The molecule has 0 aliphatic carbocycles. The van der Waals surface area contributed by atoms with Gasteiger partial charge in [0.15, 0.2) is 5.69 Å². The van der Waals surface area contributed by atoms with Gasteiger partial charge in [-0.05, 0) is 64.2 Å². The van der Waals surface area contributed by atoms with Gasteiger partial charge in [-0.25, -0.2) is 14.2 Å². The number of halogens is 1. The zero-order valence-corrected chi connectivity index (χ0v) is 17.2. The van der Waals surface area contributed by atoms with Gasteiger partial charge in [0.05, 0.1) is 12.5 Å². The van der Waals surface area contributed by atoms with Gasteiger partial charge < -0.3 is 14.4 Å². The van der Waals surface area contributed by atoms with E-state index in [2.05, 4.69) is 9.88 Å². The van der Waals surface area contributed by atoms with Crippen molar-refractivity contribution in [3.63, 3.8) is 0 Å².